The quantitative estimate of drug-likeness (QED) is 0.379. The van der Waals surface area contributed by atoms with Gasteiger partial charge in [-0.05, 0) is 49.4 Å². The molecule has 2 atom stereocenters. The van der Waals surface area contributed by atoms with Gasteiger partial charge >= 0.3 is 0 Å². The summed E-state index contributed by atoms with van der Waals surface area (Å²) < 4.78 is 0. The van der Waals surface area contributed by atoms with Crippen molar-refractivity contribution < 1.29 is 14.7 Å². The maximum absolute atomic E-state index is 12.7. The molecule has 0 bridgehead atoms. The van der Waals surface area contributed by atoms with Gasteiger partial charge in [0.2, 0.25) is 5.78 Å². The largest absolute Gasteiger partial charge is 0.504 e. The van der Waals surface area contributed by atoms with Gasteiger partial charge in [-0.3, -0.25) is 9.59 Å². The molecule has 0 unspecified atom stereocenters. The summed E-state index contributed by atoms with van der Waals surface area (Å²) in [5, 5.41) is 17.3. The number of likely N-dealkylation sites (tertiary alicyclic amines) is 1. The van der Waals surface area contributed by atoms with E-state index in [0.717, 1.165) is 30.9 Å². The zero-order valence-corrected chi connectivity index (χ0v) is 17.6. The molecule has 0 radical (unpaired) electrons. The van der Waals surface area contributed by atoms with Crippen molar-refractivity contribution in [3.8, 4) is 0 Å². The molecule has 3 rings (SSSR count). The van der Waals surface area contributed by atoms with Gasteiger partial charge < -0.3 is 15.4 Å². The first-order chi connectivity index (χ1) is 14.4. The summed E-state index contributed by atoms with van der Waals surface area (Å²) in [7, 11) is 0. The molecule has 0 aromatic heterocycles. The minimum absolute atomic E-state index is 0.0159. The van der Waals surface area contributed by atoms with Crippen molar-refractivity contribution in [2.75, 3.05) is 6.54 Å². The lowest BCUT2D eigenvalue weighted by Gasteiger charge is -2.28. The zero-order chi connectivity index (χ0) is 21.7. The number of rotatable bonds is 7. The third kappa shape index (κ3) is 5.16. The molecule has 2 N–H and O–H groups in total. The van der Waals surface area contributed by atoms with E-state index >= 15 is 0 Å². The molecule has 2 aromatic carbocycles. The second-order valence-electron chi connectivity index (χ2n) is 7.62. The van der Waals surface area contributed by atoms with Crippen molar-refractivity contribution in [1.29, 1.82) is 5.41 Å². The summed E-state index contributed by atoms with van der Waals surface area (Å²) in [5.41, 5.74) is 3.47. The zero-order valence-electron chi connectivity index (χ0n) is 16.8. The maximum Gasteiger partial charge on any atom is 0.250 e. The summed E-state index contributed by atoms with van der Waals surface area (Å²) in [5.74, 6) is -1.89. The number of amides is 1. The minimum Gasteiger partial charge on any atom is -0.504 e. The van der Waals surface area contributed by atoms with E-state index in [2.05, 4.69) is 25.1 Å². The number of hydrogen-bond acceptors (Lipinski definition) is 4. The van der Waals surface area contributed by atoms with Crippen molar-refractivity contribution in [3.63, 3.8) is 0 Å². The first-order valence-corrected chi connectivity index (χ1v) is 10.3. The molecule has 6 heteroatoms. The lowest BCUT2D eigenvalue weighted by Crippen LogP contribution is -2.36. The van der Waals surface area contributed by atoms with Crippen LogP contribution in [0, 0.1) is 12.3 Å². The van der Waals surface area contributed by atoms with Crippen LogP contribution in [0.2, 0.25) is 5.02 Å². The fourth-order valence-electron chi connectivity index (χ4n) is 4.03. The summed E-state index contributed by atoms with van der Waals surface area (Å²) in [6.45, 7) is 2.63. The topological polar surface area (TPSA) is 81.5 Å². The highest BCUT2D eigenvalue weighted by Gasteiger charge is 2.31. The van der Waals surface area contributed by atoms with E-state index in [1.807, 2.05) is 30.3 Å². The van der Waals surface area contributed by atoms with E-state index in [-0.39, 0.29) is 12.0 Å². The second-order valence-corrected chi connectivity index (χ2v) is 8.06. The molecule has 1 fully saturated rings. The Morgan fingerprint density at radius 2 is 1.97 bits per heavy atom. The number of nitrogens with zero attached hydrogens (tertiary/aromatic N) is 1. The van der Waals surface area contributed by atoms with Gasteiger partial charge in [-0.25, -0.2) is 0 Å². The maximum atomic E-state index is 12.7. The first kappa shape index (κ1) is 21.8. The number of hydrogen-bond donors (Lipinski definition) is 2. The summed E-state index contributed by atoms with van der Waals surface area (Å²) >= 11 is 6.08. The summed E-state index contributed by atoms with van der Waals surface area (Å²) in [6.07, 6.45) is 3.87. The van der Waals surface area contributed by atoms with E-state index in [1.165, 1.54) is 11.1 Å². The van der Waals surface area contributed by atoms with Crippen LogP contribution in [0.25, 0.3) is 0 Å². The molecular formula is C24H25ClN2O3. The van der Waals surface area contributed by atoms with Crippen LogP contribution < -0.4 is 0 Å². The number of carbonyl (C=O) groups is 2. The standard InChI is InChI=1S/C24H25ClN2O3/c1-16-4-2-5-18(12-16)21(17-7-9-19(25)10-8-17)13-20-6-3-11-27(20)24(30)14-22(28)23(29)15-26/h2,4-5,7-10,12,14-15,20-21,26,28H,3,6,11,13H2,1H3/b22-14-,26-15?/t20-,21+/m1/s1. The Bertz CT molecular complexity index is 969. The third-order valence-corrected chi connectivity index (χ3v) is 5.78. The van der Waals surface area contributed by atoms with E-state index in [0.29, 0.717) is 17.8 Å². The highest BCUT2D eigenvalue weighted by atomic mass is 35.5. The molecule has 0 aliphatic carbocycles. The SMILES string of the molecule is Cc1cccc([C@@H](C[C@H]2CCCN2C(=O)/C=C(\O)C(=O)C=N)c2ccc(Cl)cc2)c1. The van der Waals surface area contributed by atoms with Crippen molar-refractivity contribution in [3.05, 3.63) is 82.1 Å². The number of aliphatic hydroxyl groups is 1. The molecule has 1 saturated heterocycles. The van der Waals surface area contributed by atoms with E-state index in [9.17, 15) is 14.7 Å². The number of ketones is 1. The van der Waals surface area contributed by atoms with Crippen LogP contribution >= 0.6 is 11.6 Å². The van der Waals surface area contributed by atoms with Gasteiger partial charge in [-0.1, -0.05) is 53.6 Å². The minimum atomic E-state index is -0.877. The number of benzene rings is 2. The molecule has 30 heavy (non-hydrogen) atoms. The van der Waals surface area contributed by atoms with Crippen molar-refractivity contribution in [1.82, 2.24) is 4.90 Å². The Labute approximate surface area is 181 Å². The number of Topliss-reactive ketones (excluding diaryl/α,β-unsaturated/α-hetero) is 1. The monoisotopic (exact) mass is 424 g/mol. The van der Waals surface area contributed by atoms with Crippen molar-refractivity contribution in [2.45, 2.75) is 38.1 Å². The number of halogens is 1. The molecule has 2 aromatic rings. The van der Waals surface area contributed by atoms with Gasteiger partial charge in [-0.15, -0.1) is 0 Å². The van der Waals surface area contributed by atoms with E-state index in [1.54, 1.807) is 4.90 Å². The Hall–Kier alpha value is -2.92. The van der Waals surface area contributed by atoms with Gasteiger partial charge in [0.1, 0.15) is 0 Å². The summed E-state index contributed by atoms with van der Waals surface area (Å²) in [6, 6.07) is 16.1. The van der Waals surface area contributed by atoms with Gasteiger partial charge in [0.15, 0.2) is 5.76 Å². The Morgan fingerprint density at radius 1 is 1.23 bits per heavy atom. The van der Waals surface area contributed by atoms with Crippen LogP contribution in [0.15, 0.2) is 60.4 Å². The molecule has 0 spiro atoms. The number of aryl methyl sites for hydroxylation is 1. The highest BCUT2D eigenvalue weighted by Crippen LogP contribution is 2.35. The van der Waals surface area contributed by atoms with Crippen LogP contribution in [0.3, 0.4) is 0 Å². The molecule has 5 nitrogen and oxygen atoms in total. The van der Waals surface area contributed by atoms with Crippen LogP contribution in [0.4, 0.5) is 0 Å². The lowest BCUT2D eigenvalue weighted by molar-refractivity contribution is -0.127. The average Bonchev–Trinajstić information content (AvgIpc) is 3.20. The molecule has 1 aliphatic rings. The number of aliphatic hydroxyl groups excluding tert-OH is 1. The number of carbonyl (C=O) groups excluding carboxylic acids is 2. The molecule has 1 heterocycles. The molecule has 0 saturated carbocycles. The van der Waals surface area contributed by atoms with Gasteiger partial charge in [0, 0.05) is 29.6 Å². The Kier molecular flexibility index (Phi) is 7.06. The van der Waals surface area contributed by atoms with Crippen molar-refractivity contribution in [2.24, 2.45) is 0 Å². The molecular weight excluding hydrogens is 400 g/mol. The average molecular weight is 425 g/mol. The van der Waals surface area contributed by atoms with Gasteiger partial charge in [0.05, 0.1) is 6.21 Å². The fourth-order valence-corrected chi connectivity index (χ4v) is 4.16. The van der Waals surface area contributed by atoms with E-state index < -0.39 is 17.4 Å². The van der Waals surface area contributed by atoms with Crippen LogP contribution in [-0.4, -0.2) is 40.5 Å². The number of allylic oxidation sites excluding steroid dienone is 1. The Balaban J connectivity index is 1.88. The highest BCUT2D eigenvalue weighted by molar-refractivity contribution is 6.33. The smallest absolute Gasteiger partial charge is 0.250 e. The molecule has 1 amide bonds. The second kappa shape index (κ2) is 9.72. The number of nitrogens with one attached hydrogen (secondary N) is 1. The first-order valence-electron chi connectivity index (χ1n) is 9.97. The fraction of sp³-hybridized carbons (Fsp3) is 0.292. The predicted molar refractivity (Wildman–Crippen MR) is 118 cm³/mol. The molecule has 156 valence electrons. The Morgan fingerprint density at radius 3 is 2.63 bits per heavy atom. The normalized spacial score (nSPS) is 17.6. The summed E-state index contributed by atoms with van der Waals surface area (Å²) in [4.78, 5) is 25.8. The lowest BCUT2D eigenvalue weighted by atomic mass is 9.85. The van der Waals surface area contributed by atoms with Gasteiger partial charge in [0.25, 0.3) is 5.91 Å². The van der Waals surface area contributed by atoms with Crippen molar-refractivity contribution >= 4 is 29.5 Å². The third-order valence-electron chi connectivity index (χ3n) is 5.53. The van der Waals surface area contributed by atoms with Crippen LogP contribution in [0.5, 0.6) is 0 Å². The van der Waals surface area contributed by atoms with Crippen LogP contribution in [0.1, 0.15) is 41.9 Å². The van der Waals surface area contributed by atoms with Gasteiger partial charge in [-0.2, -0.15) is 0 Å². The predicted octanol–water partition coefficient (Wildman–Crippen LogP) is 4.82. The van der Waals surface area contributed by atoms with Crippen LogP contribution in [-0.2, 0) is 9.59 Å². The van der Waals surface area contributed by atoms with E-state index in [4.69, 9.17) is 17.0 Å². The molecule has 1 aliphatic heterocycles.